The number of rotatable bonds is 5. The number of hydrogen-bond acceptors (Lipinski definition) is 4. The van der Waals surface area contributed by atoms with Crippen LogP contribution in [-0.4, -0.2) is 48.7 Å². The molecule has 0 bridgehead atoms. The molecule has 0 radical (unpaired) electrons. The highest BCUT2D eigenvalue weighted by molar-refractivity contribution is 5.80. The van der Waals surface area contributed by atoms with Gasteiger partial charge in [-0.25, -0.2) is 4.79 Å². The van der Waals surface area contributed by atoms with E-state index < -0.39 is 5.60 Å². The van der Waals surface area contributed by atoms with Gasteiger partial charge in [-0.3, -0.25) is 4.79 Å². The number of methoxy groups -OCH3 is 1. The molecule has 1 saturated heterocycles. The van der Waals surface area contributed by atoms with Gasteiger partial charge in [0.05, 0.1) is 13.5 Å². The van der Waals surface area contributed by atoms with Crippen LogP contribution in [0, 0.1) is 0 Å². The average Bonchev–Trinajstić information content (AvgIpc) is 2.60. The fraction of sp³-hybridized carbons (Fsp3) is 0.524. The summed E-state index contributed by atoms with van der Waals surface area (Å²) >= 11 is 0. The van der Waals surface area contributed by atoms with Crippen molar-refractivity contribution in [2.45, 2.75) is 51.7 Å². The lowest BCUT2D eigenvalue weighted by atomic mass is 10.0. The number of carbonyl (C=O) groups is 2. The van der Waals surface area contributed by atoms with Crippen LogP contribution in [-0.2, 0) is 16.0 Å². The third-order valence-electron chi connectivity index (χ3n) is 4.33. The maximum absolute atomic E-state index is 12.5. The topological polar surface area (TPSA) is 67.9 Å². The predicted molar refractivity (Wildman–Crippen MR) is 106 cm³/mol. The number of ether oxygens (including phenoxy) is 2. The van der Waals surface area contributed by atoms with Crippen LogP contribution in [0.3, 0.4) is 0 Å². The van der Waals surface area contributed by atoms with E-state index in [2.05, 4.69) is 11.9 Å². The molecule has 148 valence electrons. The van der Waals surface area contributed by atoms with Gasteiger partial charge in [-0.2, -0.15) is 0 Å². The van der Waals surface area contributed by atoms with Crippen LogP contribution < -0.4 is 10.1 Å². The summed E-state index contributed by atoms with van der Waals surface area (Å²) in [5.74, 6) is 0.584. The molecule has 1 aromatic carbocycles. The summed E-state index contributed by atoms with van der Waals surface area (Å²) in [5, 5.41) is 3.03. The van der Waals surface area contributed by atoms with E-state index >= 15 is 0 Å². The number of nitrogens with zero attached hydrogens (tertiary/aromatic N) is 1. The lowest BCUT2D eigenvalue weighted by Crippen LogP contribution is -2.51. The van der Waals surface area contributed by atoms with Gasteiger partial charge in [0.1, 0.15) is 11.4 Å². The smallest absolute Gasteiger partial charge is 0.410 e. The number of likely N-dealkylation sites (tertiary alicyclic amines) is 1. The van der Waals surface area contributed by atoms with Gasteiger partial charge in [-0.1, -0.05) is 18.7 Å². The van der Waals surface area contributed by atoms with E-state index in [4.69, 9.17) is 9.47 Å². The zero-order chi connectivity index (χ0) is 20.0. The van der Waals surface area contributed by atoms with Crippen molar-refractivity contribution >= 4 is 18.1 Å². The Morgan fingerprint density at radius 3 is 2.74 bits per heavy atom. The maximum atomic E-state index is 12.5. The monoisotopic (exact) mass is 374 g/mol. The predicted octanol–water partition coefficient (Wildman–Crippen LogP) is 3.40. The molecule has 1 aliphatic rings. The lowest BCUT2D eigenvalue weighted by Gasteiger charge is -2.34. The van der Waals surface area contributed by atoms with Crippen molar-refractivity contribution in [3.05, 3.63) is 35.9 Å². The molecule has 0 unspecified atom stereocenters. The molecule has 1 heterocycles. The van der Waals surface area contributed by atoms with Gasteiger partial charge >= 0.3 is 6.09 Å². The van der Waals surface area contributed by atoms with E-state index in [1.807, 2.05) is 39.0 Å². The van der Waals surface area contributed by atoms with Crippen LogP contribution in [0.5, 0.6) is 5.75 Å². The largest absolute Gasteiger partial charge is 0.496 e. The van der Waals surface area contributed by atoms with E-state index in [0.29, 0.717) is 18.8 Å². The first-order valence-corrected chi connectivity index (χ1v) is 9.28. The van der Waals surface area contributed by atoms with E-state index in [1.54, 1.807) is 18.1 Å². The van der Waals surface area contributed by atoms with Gasteiger partial charge in [0, 0.05) is 24.7 Å². The summed E-state index contributed by atoms with van der Waals surface area (Å²) in [7, 11) is 1.59. The normalized spacial score (nSPS) is 17.2. The summed E-state index contributed by atoms with van der Waals surface area (Å²) in [4.78, 5) is 26.4. The standard InChI is InChI=1S/C21H30N2O4/c1-6-15-9-10-18(26-5)16(12-15)13-19(24)22-17-8-7-11-23(14-17)20(25)27-21(2,3)4/h6,9-10,12,17H,1,7-8,11,13-14H2,2-5H3,(H,22,24)/t17-/m0/s1. The second-order valence-electron chi connectivity index (χ2n) is 7.79. The quantitative estimate of drug-likeness (QED) is 0.858. The highest BCUT2D eigenvalue weighted by Crippen LogP contribution is 2.21. The SMILES string of the molecule is C=Cc1ccc(OC)c(CC(=O)N[C@H]2CCCN(C(=O)OC(C)(C)C)C2)c1. The Morgan fingerprint density at radius 2 is 2.11 bits per heavy atom. The van der Waals surface area contributed by atoms with Gasteiger partial charge in [0.2, 0.25) is 5.91 Å². The minimum absolute atomic E-state index is 0.0765. The molecule has 2 amide bonds. The van der Waals surface area contributed by atoms with Gasteiger partial charge in [0.15, 0.2) is 0 Å². The summed E-state index contributed by atoms with van der Waals surface area (Å²) in [6.07, 6.45) is 3.30. The van der Waals surface area contributed by atoms with Crippen LogP contribution in [0.2, 0.25) is 0 Å². The fourth-order valence-electron chi connectivity index (χ4n) is 3.10. The van der Waals surface area contributed by atoms with E-state index in [9.17, 15) is 9.59 Å². The Kier molecular flexibility index (Phi) is 6.88. The van der Waals surface area contributed by atoms with Crippen LogP contribution in [0.1, 0.15) is 44.7 Å². The first kappa shape index (κ1) is 20.8. The number of hydrogen-bond donors (Lipinski definition) is 1. The van der Waals surface area contributed by atoms with E-state index in [1.165, 1.54) is 0 Å². The van der Waals surface area contributed by atoms with Crippen LogP contribution in [0.15, 0.2) is 24.8 Å². The molecule has 1 aliphatic heterocycles. The van der Waals surface area contributed by atoms with Crippen molar-refractivity contribution < 1.29 is 19.1 Å². The molecule has 1 N–H and O–H groups in total. The minimum Gasteiger partial charge on any atom is -0.496 e. The van der Waals surface area contributed by atoms with Gasteiger partial charge in [0.25, 0.3) is 0 Å². The average molecular weight is 374 g/mol. The third kappa shape index (κ3) is 6.31. The molecule has 0 aliphatic carbocycles. The molecule has 1 aromatic rings. The molecule has 1 fully saturated rings. The zero-order valence-electron chi connectivity index (χ0n) is 16.7. The Bertz CT molecular complexity index is 694. The Hall–Kier alpha value is -2.50. The molecule has 27 heavy (non-hydrogen) atoms. The summed E-state index contributed by atoms with van der Waals surface area (Å²) in [5.41, 5.74) is 1.22. The zero-order valence-corrected chi connectivity index (χ0v) is 16.7. The maximum Gasteiger partial charge on any atom is 0.410 e. The molecule has 0 saturated carbocycles. The van der Waals surface area contributed by atoms with Crippen molar-refractivity contribution in [1.82, 2.24) is 10.2 Å². The second kappa shape index (κ2) is 8.93. The Labute approximate surface area is 161 Å². The number of benzene rings is 1. The minimum atomic E-state index is -0.528. The number of amides is 2. The molecule has 0 spiro atoms. The van der Waals surface area contributed by atoms with Crippen molar-refractivity contribution in [1.29, 1.82) is 0 Å². The Balaban J connectivity index is 1.95. The van der Waals surface area contributed by atoms with Crippen LogP contribution in [0.25, 0.3) is 6.08 Å². The van der Waals surface area contributed by atoms with Crippen LogP contribution in [0.4, 0.5) is 4.79 Å². The number of carbonyl (C=O) groups excluding carboxylic acids is 2. The number of piperidine rings is 1. The summed E-state index contributed by atoms with van der Waals surface area (Å²) < 4.78 is 10.8. The van der Waals surface area contributed by atoms with Crippen molar-refractivity contribution in [3.63, 3.8) is 0 Å². The molecular weight excluding hydrogens is 344 g/mol. The highest BCUT2D eigenvalue weighted by Gasteiger charge is 2.28. The molecule has 1 atom stereocenters. The molecule has 0 aromatic heterocycles. The first-order valence-electron chi connectivity index (χ1n) is 9.28. The molecule has 6 nitrogen and oxygen atoms in total. The van der Waals surface area contributed by atoms with Crippen LogP contribution >= 0.6 is 0 Å². The summed E-state index contributed by atoms with van der Waals surface area (Å²) in [6, 6.07) is 5.56. The van der Waals surface area contributed by atoms with Gasteiger partial charge < -0.3 is 19.7 Å². The number of nitrogens with one attached hydrogen (secondary N) is 1. The van der Waals surface area contributed by atoms with E-state index in [-0.39, 0.29) is 24.5 Å². The molecule has 6 heteroatoms. The van der Waals surface area contributed by atoms with Crippen molar-refractivity contribution in [2.24, 2.45) is 0 Å². The Morgan fingerprint density at radius 1 is 1.37 bits per heavy atom. The van der Waals surface area contributed by atoms with Gasteiger partial charge in [-0.15, -0.1) is 0 Å². The van der Waals surface area contributed by atoms with Gasteiger partial charge in [-0.05, 0) is 51.3 Å². The highest BCUT2D eigenvalue weighted by atomic mass is 16.6. The fourth-order valence-corrected chi connectivity index (χ4v) is 3.10. The van der Waals surface area contributed by atoms with E-state index in [0.717, 1.165) is 24.0 Å². The van der Waals surface area contributed by atoms with Crippen molar-refractivity contribution in [3.8, 4) is 5.75 Å². The summed E-state index contributed by atoms with van der Waals surface area (Å²) in [6.45, 7) is 10.4. The molecular formula is C21H30N2O4. The first-order chi connectivity index (χ1) is 12.7. The third-order valence-corrected chi connectivity index (χ3v) is 4.33. The van der Waals surface area contributed by atoms with Crippen molar-refractivity contribution in [2.75, 3.05) is 20.2 Å². The lowest BCUT2D eigenvalue weighted by molar-refractivity contribution is -0.121. The second-order valence-corrected chi connectivity index (χ2v) is 7.79. The molecule has 2 rings (SSSR count).